The molecule has 28 heavy (non-hydrogen) atoms. The Balaban J connectivity index is 2.29. The summed E-state index contributed by atoms with van der Waals surface area (Å²) in [5, 5.41) is 28.6. The molecule has 0 spiro atoms. The van der Waals surface area contributed by atoms with E-state index in [1.807, 2.05) is 12.1 Å². The van der Waals surface area contributed by atoms with Crippen LogP contribution in [0.2, 0.25) is 0 Å². The lowest BCUT2D eigenvalue weighted by atomic mass is 9.92. The Kier molecular flexibility index (Phi) is 4.64. The number of benzene rings is 2. The molecule has 0 bridgehead atoms. The van der Waals surface area contributed by atoms with Crippen molar-refractivity contribution in [1.82, 2.24) is 4.98 Å². The van der Waals surface area contributed by atoms with Gasteiger partial charge in [-0.25, -0.2) is 4.98 Å². The number of nitrogens with two attached hydrogens (primary N) is 1. The molecule has 0 amide bonds. The van der Waals surface area contributed by atoms with Gasteiger partial charge >= 0.3 is 6.18 Å². The number of nitriles is 2. The molecule has 0 aliphatic rings. The number of alkyl halides is 3. The van der Waals surface area contributed by atoms with Crippen molar-refractivity contribution in [2.45, 2.75) is 6.18 Å². The standard InChI is InChI=1S/C20H11F3N4O/c21-20(22,23)13-5-1-11(2-6-13)17-15(9-24)18(27-19(26)16(17)10-25)12-3-7-14(28)8-4-12/h1-8,28H,(H2,26,27). The second kappa shape index (κ2) is 6.93. The number of phenolic OH excluding ortho intramolecular Hbond substituents is 1. The molecule has 5 nitrogen and oxygen atoms in total. The van der Waals surface area contributed by atoms with E-state index in [1.165, 1.54) is 36.4 Å². The zero-order chi connectivity index (χ0) is 20.5. The lowest BCUT2D eigenvalue weighted by Crippen LogP contribution is -2.06. The van der Waals surface area contributed by atoms with E-state index in [1.54, 1.807) is 0 Å². The molecule has 0 radical (unpaired) electrons. The summed E-state index contributed by atoms with van der Waals surface area (Å²) in [5.41, 5.74) is 5.89. The number of phenols is 1. The number of halogens is 3. The Morgan fingerprint density at radius 1 is 0.857 bits per heavy atom. The van der Waals surface area contributed by atoms with Crippen LogP contribution in [0.4, 0.5) is 19.0 Å². The van der Waals surface area contributed by atoms with Crippen molar-refractivity contribution in [3.63, 3.8) is 0 Å². The Morgan fingerprint density at radius 3 is 1.89 bits per heavy atom. The molecule has 0 unspecified atom stereocenters. The normalized spacial score (nSPS) is 10.9. The largest absolute Gasteiger partial charge is 0.508 e. The van der Waals surface area contributed by atoms with Crippen LogP contribution in [0, 0.1) is 22.7 Å². The number of hydrogen-bond acceptors (Lipinski definition) is 5. The van der Waals surface area contributed by atoms with E-state index in [0.717, 1.165) is 12.1 Å². The van der Waals surface area contributed by atoms with Crippen LogP contribution < -0.4 is 5.73 Å². The predicted molar refractivity (Wildman–Crippen MR) is 95.6 cm³/mol. The zero-order valence-electron chi connectivity index (χ0n) is 14.1. The zero-order valence-corrected chi connectivity index (χ0v) is 14.1. The molecular formula is C20H11F3N4O. The second-order valence-corrected chi connectivity index (χ2v) is 5.82. The van der Waals surface area contributed by atoms with Crippen molar-refractivity contribution < 1.29 is 18.3 Å². The van der Waals surface area contributed by atoms with E-state index < -0.39 is 11.7 Å². The first-order valence-corrected chi connectivity index (χ1v) is 7.87. The SMILES string of the molecule is N#Cc1c(N)nc(-c2ccc(O)cc2)c(C#N)c1-c1ccc(C(F)(F)F)cc1. The minimum Gasteiger partial charge on any atom is -0.508 e. The maximum Gasteiger partial charge on any atom is 0.416 e. The highest BCUT2D eigenvalue weighted by Gasteiger charge is 2.30. The third kappa shape index (κ3) is 3.31. The summed E-state index contributed by atoms with van der Waals surface area (Å²) in [7, 11) is 0. The van der Waals surface area contributed by atoms with Crippen LogP contribution in [0.25, 0.3) is 22.4 Å². The van der Waals surface area contributed by atoms with Gasteiger partial charge in [-0.15, -0.1) is 0 Å². The van der Waals surface area contributed by atoms with Gasteiger partial charge in [0.1, 0.15) is 29.3 Å². The Bertz CT molecular complexity index is 1120. The molecule has 0 aliphatic carbocycles. The Morgan fingerprint density at radius 2 is 1.39 bits per heavy atom. The summed E-state index contributed by atoms with van der Waals surface area (Å²) >= 11 is 0. The third-order valence-corrected chi connectivity index (χ3v) is 4.09. The van der Waals surface area contributed by atoms with Gasteiger partial charge in [0.15, 0.2) is 0 Å². The van der Waals surface area contributed by atoms with Gasteiger partial charge in [0.2, 0.25) is 0 Å². The lowest BCUT2D eigenvalue weighted by Gasteiger charge is -2.14. The van der Waals surface area contributed by atoms with E-state index >= 15 is 0 Å². The molecule has 8 heteroatoms. The van der Waals surface area contributed by atoms with Gasteiger partial charge < -0.3 is 10.8 Å². The van der Waals surface area contributed by atoms with Gasteiger partial charge in [0.25, 0.3) is 0 Å². The van der Waals surface area contributed by atoms with Gasteiger partial charge in [-0.2, -0.15) is 23.7 Å². The van der Waals surface area contributed by atoms with Crippen LogP contribution in [-0.4, -0.2) is 10.1 Å². The summed E-state index contributed by atoms with van der Waals surface area (Å²) in [5.74, 6) is -0.147. The van der Waals surface area contributed by atoms with E-state index in [2.05, 4.69) is 4.98 Å². The summed E-state index contributed by atoms with van der Waals surface area (Å²) in [6.07, 6.45) is -4.51. The first-order valence-electron chi connectivity index (χ1n) is 7.87. The molecule has 0 aliphatic heterocycles. The summed E-state index contributed by atoms with van der Waals surface area (Å²) < 4.78 is 38.5. The highest BCUT2D eigenvalue weighted by atomic mass is 19.4. The Hall–Kier alpha value is -4.04. The molecule has 0 saturated heterocycles. The molecule has 3 rings (SSSR count). The number of pyridine rings is 1. The van der Waals surface area contributed by atoms with Crippen molar-refractivity contribution in [2.75, 3.05) is 5.73 Å². The highest BCUT2D eigenvalue weighted by Crippen LogP contribution is 2.37. The third-order valence-electron chi connectivity index (χ3n) is 4.09. The molecule has 0 atom stereocenters. The second-order valence-electron chi connectivity index (χ2n) is 5.82. The van der Waals surface area contributed by atoms with Crippen molar-refractivity contribution >= 4 is 5.82 Å². The number of hydrogen-bond donors (Lipinski definition) is 2. The number of nitrogen functional groups attached to an aromatic ring is 1. The average Bonchev–Trinajstić information content (AvgIpc) is 2.67. The minimum atomic E-state index is -4.51. The summed E-state index contributed by atoms with van der Waals surface area (Å²) in [6.45, 7) is 0. The van der Waals surface area contributed by atoms with E-state index in [-0.39, 0.29) is 39.5 Å². The maximum atomic E-state index is 12.8. The van der Waals surface area contributed by atoms with E-state index in [9.17, 15) is 28.8 Å². The maximum absolute atomic E-state index is 12.8. The summed E-state index contributed by atoms with van der Waals surface area (Å²) in [4.78, 5) is 4.13. The van der Waals surface area contributed by atoms with Gasteiger partial charge in [-0.3, -0.25) is 0 Å². The topological polar surface area (TPSA) is 107 Å². The van der Waals surface area contributed by atoms with Crippen LogP contribution in [0.5, 0.6) is 5.75 Å². The predicted octanol–water partition coefficient (Wildman–Crippen LogP) is 4.47. The van der Waals surface area contributed by atoms with Gasteiger partial charge in [0.05, 0.1) is 16.8 Å². The highest BCUT2D eigenvalue weighted by molar-refractivity contribution is 5.87. The molecule has 3 aromatic rings. The molecule has 1 aromatic heterocycles. The molecule has 1 heterocycles. The van der Waals surface area contributed by atoms with E-state index in [4.69, 9.17) is 5.73 Å². The Labute approximate surface area is 157 Å². The molecule has 0 saturated carbocycles. The number of anilines is 1. The van der Waals surface area contributed by atoms with Gasteiger partial charge in [-0.05, 0) is 42.0 Å². The molecular weight excluding hydrogens is 369 g/mol. The first-order chi connectivity index (χ1) is 13.3. The van der Waals surface area contributed by atoms with Crippen molar-refractivity contribution in [3.8, 4) is 40.3 Å². The molecule has 0 fully saturated rings. The smallest absolute Gasteiger partial charge is 0.416 e. The molecule has 3 N–H and O–H groups in total. The average molecular weight is 380 g/mol. The quantitative estimate of drug-likeness (QED) is 0.682. The first kappa shape index (κ1) is 18.7. The summed E-state index contributed by atoms with van der Waals surface area (Å²) in [6, 6.07) is 13.8. The number of aromatic hydroxyl groups is 1. The van der Waals surface area contributed by atoms with Crippen LogP contribution in [0.15, 0.2) is 48.5 Å². The fraction of sp³-hybridized carbons (Fsp3) is 0.0500. The number of nitrogens with zero attached hydrogens (tertiary/aromatic N) is 3. The molecule has 138 valence electrons. The lowest BCUT2D eigenvalue weighted by molar-refractivity contribution is -0.137. The van der Waals surface area contributed by atoms with Crippen LogP contribution in [0.3, 0.4) is 0 Å². The number of aromatic nitrogens is 1. The minimum absolute atomic E-state index is 0.00352. The van der Waals surface area contributed by atoms with Gasteiger partial charge in [-0.1, -0.05) is 12.1 Å². The van der Waals surface area contributed by atoms with Crippen molar-refractivity contribution in [2.24, 2.45) is 0 Å². The molecule has 2 aromatic carbocycles. The fourth-order valence-corrected chi connectivity index (χ4v) is 2.77. The van der Waals surface area contributed by atoms with Gasteiger partial charge in [0, 0.05) is 11.1 Å². The van der Waals surface area contributed by atoms with Crippen molar-refractivity contribution in [1.29, 1.82) is 10.5 Å². The number of rotatable bonds is 2. The monoisotopic (exact) mass is 380 g/mol. The van der Waals surface area contributed by atoms with Crippen LogP contribution >= 0.6 is 0 Å². The van der Waals surface area contributed by atoms with E-state index in [0.29, 0.717) is 5.56 Å². The van der Waals surface area contributed by atoms with Crippen LogP contribution in [0.1, 0.15) is 16.7 Å². The fourth-order valence-electron chi connectivity index (χ4n) is 2.77. The van der Waals surface area contributed by atoms with Crippen LogP contribution in [-0.2, 0) is 6.18 Å². The van der Waals surface area contributed by atoms with Crippen molar-refractivity contribution in [3.05, 3.63) is 65.2 Å².